The number of aromatic nitrogens is 7. The molecule has 7 nitrogen and oxygen atoms in total. The van der Waals surface area contributed by atoms with E-state index in [9.17, 15) is 0 Å². The lowest BCUT2D eigenvalue weighted by Crippen LogP contribution is -2.01. The van der Waals surface area contributed by atoms with Crippen LogP contribution in [0.15, 0.2) is 164 Å². The van der Waals surface area contributed by atoms with Gasteiger partial charge in [0.1, 0.15) is 0 Å². The highest BCUT2D eigenvalue weighted by Crippen LogP contribution is 2.32. The van der Waals surface area contributed by atoms with Crippen LogP contribution in [0, 0.1) is 0 Å². The third-order valence-electron chi connectivity index (χ3n) is 9.30. The van der Waals surface area contributed by atoms with E-state index in [0.717, 1.165) is 77.4 Å². The van der Waals surface area contributed by atoms with Gasteiger partial charge in [-0.1, -0.05) is 115 Å². The maximum atomic E-state index is 5.08. The Labute approximate surface area is 292 Å². The van der Waals surface area contributed by atoms with Gasteiger partial charge in [-0.15, -0.1) is 0 Å². The second-order valence-corrected chi connectivity index (χ2v) is 12.5. The summed E-state index contributed by atoms with van der Waals surface area (Å²) in [6, 6.07) is 53.3. The van der Waals surface area contributed by atoms with Crippen molar-refractivity contribution in [3.8, 4) is 56.7 Å². The summed E-state index contributed by atoms with van der Waals surface area (Å²) in [5.74, 6) is 1.74. The van der Waals surface area contributed by atoms with Crippen molar-refractivity contribution in [2.75, 3.05) is 0 Å². The Morgan fingerprint density at radius 3 is 1.43 bits per heavy atom. The van der Waals surface area contributed by atoms with Crippen LogP contribution in [0.2, 0.25) is 0 Å². The minimum Gasteiger partial charge on any atom is -0.248 e. The Morgan fingerprint density at radius 1 is 0.353 bits per heavy atom. The Bertz CT molecular complexity index is 2770. The Balaban J connectivity index is 1.09. The predicted octanol–water partition coefficient (Wildman–Crippen LogP) is 10.1. The minimum absolute atomic E-state index is 0.576. The molecular weight excluding hydrogens is 627 g/mol. The first-order valence-electron chi connectivity index (χ1n) is 16.8. The molecule has 0 aliphatic carbocycles. The molecule has 5 aromatic heterocycles. The fourth-order valence-corrected chi connectivity index (χ4v) is 6.70. The van der Waals surface area contributed by atoms with E-state index in [-0.39, 0.29) is 0 Å². The van der Waals surface area contributed by atoms with Crippen LogP contribution < -0.4 is 0 Å². The maximum Gasteiger partial charge on any atom is 0.166 e. The van der Waals surface area contributed by atoms with E-state index < -0.39 is 0 Å². The molecule has 10 rings (SSSR count). The van der Waals surface area contributed by atoms with Gasteiger partial charge in [-0.2, -0.15) is 5.10 Å². The highest BCUT2D eigenvalue weighted by molar-refractivity contribution is 6.01. The number of para-hydroxylation sites is 2. The van der Waals surface area contributed by atoms with Crippen LogP contribution in [0.5, 0.6) is 0 Å². The number of hydrogen-bond donors (Lipinski definition) is 0. The zero-order valence-electron chi connectivity index (χ0n) is 27.2. The molecule has 0 amide bonds. The summed E-state index contributed by atoms with van der Waals surface area (Å²) in [5.41, 5.74) is 10.3. The third kappa shape index (κ3) is 5.16. The zero-order chi connectivity index (χ0) is 33.7. The van der Waals surface area contributed by atoms with E-state index in [2.05, 4.69) is 97.1 Å². The van der Waals surface area contributed by atoms with Crippen molar-refractivity contribution in [2.24, 2.45) is 0 Å². The van der Waals surface area contributed by atoms with Crippen molar-refractivity contribution in [3.63, 3.8) is 0 Å². The lowest BCUT2D eigenvalue weighted by molar-refractivity contribution is 0.978. The number of benzene rings is 5. The van der Waals surface area contributed by atoms with E-state index in [1.54, 1.807) is 0 Å². The lowest BCUT2D eigenvalue weighted by atomic mass is 10.1. The maximum absolute atomic E-state index is 5.08. The van der Waals surface area contributed by atoms with Crippen molar-refractivity contribution < 1.29 is 0 Å². The molecule has 51 heavy (non-hydrogen) atoms. The van der Waals surface area contributed by atoms with Gasteiger partial charge in [0.05, 0.1) is 33.5 Å². The summed E-state index contributed by atoms with van der Waals surface area (Å²) in [5, 5.41) is 8.08. The molecule has 0 saturated heterocycles. The molecule has 0 spiro atoms. The average molecular weight is 654 g/mol. The fraction of sp³-hybridized carbons (Fsp3) is 0. The zero-order valence-corrected chi connectivity index (χ0v) is 27.2. The van der Waals surface area contributed by atoms with Gasteiger partial charge in [0.2, 0.25) is 0 Å². The highest BCUT2D eigenvalue weighted by atomic mass is 15.2. The van der Waals surface area contributed by atoms with Crippen LogP contribution in [-0.4, -0.2) is 34.5 Å². The van der Waals surface area contributed by atoms with Gasteiger partial charge in [0.15, 0.2) is 17.5 Å². The number of hydrogen-bond acceptors (Lipinski definition) is 6. The van der Waals surface area contributed by atoms with Gasteiger partial charge >= 0.3 is 0 Å². The van der Waals surface area contributed by atoms with Crippen LogP contribution in [0.1, 0.15) is 0 Å². The molecule has 0 N–H and O–H groups in total. The molecule has 5 aromatic carbocycles. The largest absolute Gasteiger partial charge is 0.248 e. The van der Waals surface area contributed by atoms with E-state index in [4.69, 9.17) is 30.0 Å². The highest BCUT2D eigenvalue weighted by Gasteiger charge is 2.17. The van der Waals surface area contributed by atoms with Gasteiger partial charge in [-0.05, 0) is 42.5 Å². The monoisotopic (exact) mass is 653 g/mol. The topological polar surface area (TPSA) is 81.8 Å². The number of pyridine rings is 3. The Hall–Kier alpha value is -7.12. The van der Waals surface area contributed by atoms with Gasteiger partial charge in [-0.3, -0.25) is 0 Å². The van der Waals surface area contributed by atoms with E-state index >= 15 is 0 Å². The standard InChI is InChI=1S/C44H27N7/c1-4-12-36-28(8-1)23-25-38(45-36)30-15-19-32(20-16-30)42-47-43(33-21-17-31(18-22-33)39-26-24-29-9-2-5-13-37(29)46-39)49-44(48-42)35-11-7-27-51-41(35)34-10-3-6-14-40(34)50-51/h1-27H. The molecule has 0 radical (unpaired) electrons. The SMILES string of the molecule is c1ccc2nc(-c3ccc(-c4nc(-c5ccc(-c6ccc7ccccc7n6)cc5)nc(-c5cccn6nc7ccccc7c56)n4)cc3)ccc2c1. The quantitative estimate of drug-likeness (QED) is 0.184. The van der Waals surface area contributed by atoms with Gasteiger partial charge in [0, 0.05) is 50.2 Å². The molecule has 5 heterocycles. The molecule has 7 heteroatoms. The molecule has 0 unspecified atom stereocenters. The first-order chi connectivity index (χ1) is 25.2. The normalized spacial score (nSPS) is 11.5. The molecule has 0 bridgehead atoms. The van der Waals surface area contributed by atoms with Crippen LogP contribution >= 0.6 is 0 Å². The Kier molecular flexibility index (Phi) is 6.67. The van der Waals surface area contributed by atoms with Gasteiger partial charge < -0.3 is 0 Å². The number of nitrogens with zero attached hydrogens (tertiary/aromatic N) is 7. The fourth-order valence-electron chi connectivity index (χ4n) is 6.70. The molecule has 0 aliphatic heterocycles. The summed E-state index contributed by atoms with van der Waals surface area (Å²) < 4.78 is 1.90. The third-order valence-corrected chi connectivity index (χ3v) is 9.30. The average Bonchev–Trinajstić information content (AvgIpc) is 3.59. The van der Waals surface area contributed by atoms with Crippen LogP contribution in [-0.2, 0) is 0 Å². The van der Waals surface area contributed by atoms with E-state index in [1.165, 1.54) is 0 Å². The van der Waals surface area contributed by atoms with Crippen LogP contribution in [0.4, 0.5) is 0 Å². The molecular formula is C44H27N7. The Morgan fingerprint density at radius 2 is 0.843 bits per heavy atom. The first kappa shape index (κ1) is 28.9. The van der Waals surface area contributed by atoms with Crippen molar-refractivity contribution >= 4 is 38.2 Å². The summed E-state index contributed by atoms with van der Waals surface area (Å²) in [6.07, 6.45) is 1.96. The first-order valence-corrected chi connectivity index (χ1v) is 16.8. The summed E-state index contributed by atoms with van der Waals surface area (Å²) in [6.45, 7) is 0. The molecule has 238 valence electrons. The van der Waals surface area contributed by atoms with Crippen LogP contribution in [0.25, 0.3) is 94.9 Å². The minimum atomic E-state index is 0.576. The summed E-state index contributed by atoms with van der Waals surface area (Å²) in [7, 11) is 0. The lowest BCUT2D eigenvalue weighted by Gasteiger charge is -2.11. The summed E-state index contributed by atoms with van der Waals surface area (Å²) in [4.78, 5) is 25.0. The molecule has 0 atom stereocenters. The smallest absolute Gasteiger partial charge is 0.166 e. The number of rotatable bonds is 5. The second-order valence-electron chi connectivity index (χ2n) is 12.5. The molecule has 0 aliphatic rings. The van der Waals surface area contributed by atoms with Gasteiger partial charge in [-0.25, -0.2) is 29.4 Å². The van der Waals surface area contributed by atoms with Crippen LogP contribution in [0.3, 0.4) is 0 Å². The second kappa shape index (κ2) is 11.8. The molecule has 0 saturated carbocycles. The van der Waals surface area contributed by atoms with Crippen molar-refractivity contribution in [1.29, 1.82) is 0 Å². The predicted molar refractivity (Wildman–Crippen MR) is 204 cm³/mol. The summed E-state index contributed by atoms with van der Waals surface area (Å²) >= 11 is 0. The molecule has 0 fully saturated rings. The van der Waals surface area contributed by atoms with Crippen molar-refractivity contribution in [2.45, 2.75) is 0 Å². The van der Waals surface area contributed by atoms with E-state index in [1.807, 2.05) is 71.4 Å². The molecule has 10 aromatic rings. The van der Waals surface area contributed by atoms with E-state index in [0.29, 0.717) is 17.5 Å². The number of fused-ring (bicyclic) bond motifs is 5. The van der Waals surface area contributed by atoms with Crippen molar-refractivity contribution in [1.82, 2.24) is 34.5 Å². The van der Waals surface area contributed by atoms with Crippen molar-refractivity contribution in [3.05, 3.63) is 164 Å². The van der Waals surface area contributed by atoms with Gasteiger partial charge in [0.25, 0.3) is 0 Å².